The van der Waals surface area contributed by atoms with Crippen LogP contribution in [0.15, 0.2) is 42.5 Å². The van der Waals surface area contributed by atoms with E-state index < -0.39 is 0 Å². The van der Waals surface area contributed by atoms with Gasteiger partial charge in [-0.1, -0.05) is 42.5 Å². The Balaban J connectivity index is 1.61. The van der Waals surface area contributed by atoms with Crippen LogP contribution in [0.4, 0.5) is 0 Å². The van der Waals surface area contributed by atoms with E-state index in [0.717, 1.165) is 11.8 Å². The smallest absolute Gasteiger partial charge is 0.0294 e. The van der Waals surface area contributed by atoms with Crippen LogP contribution >= 0.6 is 0 Å². The van der Waals surface area contributed by atoms with Gasteiger partial charge in [-0.05, 0) is 37.2 Å². The van der Waals surface area contributed by atoms with Crippen LogP contribution < -0.4 is 5.32 Å². The van der Waals surface area contributed by atoms with E-state index in [1.54, 1.807) is 0 Å². The number of benzene rings is 1. The molecule has 0 spiro atoms. The molecule has 1 aromatic rings. The molecule has 0 aromatic heterocycles. The van der Waals surface area contributed by atoms with Crippen LogP contribution in [0.5, 0.6) is 0 Å². The molecule has 1 heteroatoms. The van der Waals surface area contributed by atoms with Crippen molar-refractivity contribution in [1.82, 2.24) is 5.32 Å². The van der Waals surface area contributed by atoms with Crippen molar-refractivity contribution in [2.45, 2.75) is 31.8 Å². The Bertz CT molecular complexity index is 382. The van der Waals surface area contributed by atoms with E-state index in [0.29, 0.717) is 12.1 Å². The second-order valence-electron chi connectivity index (χ2n) is 5.14. The van der Waals surface area contributed by atoms with Crippen molar-refractivity contribution in [1.29, 1.82) is 0 Å². The summed E-state index contributed by atoms with van der Waals surface area (Å²) in [4.78, 5) is 0. The molecule has 0 amide bonds. The van der Waals surface area contributed by atoms with Crippen molar-refractivity contribution >= 4 is 0 Å². The molecule has 0 radical (unpaired) electrons. The predicted octanol–water partition coefficient (Wildman–Crippen LogP) is 3.30. The van der Waals surface area contributed by atoms with Gasteiger partial charge in [-0.25, -0.2) is 0 Å². The van der Waals surface area contributed by atoms with Crippen LogP contribution in [0.25, 0.3) is 0 Å². The Hall–Kier alpha value is -1.08. The van der Waals surface area contributed by atoms with Crippen molar-refractivity contribution in [2.75, 3.05) is 0 Å². The van der Waals surface area contributed by atoms with Gasteiger partial charge in [0.2, 0.25) is 0 Å². The summed E-state index contributed by atoms with van der Waals surface area (Å²) in [6.07, 6.45) is 7.42. The van der Waals surface area contributed by atoms with Crippen molar-refractivity contribution < 1.29 is 0 Å². The predicted molar refractivity (Wildman–Crippen MR) is 67.1 cm³/mol. The minimum absolute atomic E-state index is 0.473. The fourth-order valence-electron chi connectivity index (χ4n) is 3.07. The first kappa shape index (κ1) is 10.1. The SMILES string of the molecule is C[C@H](NC1CC2CC=CC21)c1ccccc1. The minimum Gasteiger partial charge on any atom is -0.307 e. The van der Waals surface area contributed by atoms with E-state index in [9.17, 15) is 0 Å². The van der Waals surface area contributed by atoms with Gasteiger partial charge < -0.3 is 5.32 Å². The highest BCUT2D eigenvalue weighted by atomic mass is 15.0. The molecule has 1 nitrogen and oxygen atoms in total. The number of rotatable bonds is 3. The molecule has 16 heavy (non-hydrogen) atoms. The first-order valence-corrected chi connectivity index (χ1v) is 6.32. The zero-order valence-corrected chi connectivity index (χ0v) is 9.77. The molecule has 3 unspecified atom stereocenters. The number of nitrogens with one attached hydrogen (secondary N) is 1. The average molecular weight is 213 g/mol. The zero-order valence-electron chi connectivity index (χ0n) is 9.77. The summed E-state index contributed by atoms with van der Waals surface area (Å²) in [6.45, 7) is 2.27. The highest BCUT2D eigenvalue weighted by Gasteiger charge is 2.41. The standard InChI is InChI=1S/C15H19N/c1-11(12-6-3-2-4-7-12)16-15-10-13-8-5-9-14(13)15/h2-7,9,11,13-16H,8,10H2,1H3/t11-,13?,14?,15?/m0/s1. The average Bonchev–Trinajstić information content (AvgIpc) is 2.68. The number of allylic oxidation sites excluding steroid dienone is 1. The lowest BCUT2D eigenvalue weighted by Crippen LogP contribution is -2.48. The Morgan fingerprint density at radius 3 is 2.81 bits per heavy atom. The molecule has 0 aliphatic heterocycles. The second kappa shape index (κ2) is 4.06. The van der Waals surface area contributed by atoms with Gasteiger partial charge in [-0.2, -0.15) is 0 Å². The summed E-state index contributed by atoms with van der Waals surface area (Å²) >= 11 is 0. The zero-order chi connectivity index (χ0) is 11.0. The lowest BCUT2D eigenvalue weighted by atomic mass is 9.71. The maximum absolute atomic E-state index is 3.75. The quantitative estimate of drug-likeness (QED) is 0.760. The highest BCUT2D eigenvalue weighted by molar-refractivity contribution is 5.20. The third-order valence-electron chi connectivity index (χ3n) is 4.13. The molecule has 0 heterocycles. The Morgan fingerprint density at radius 1 is 1.25 bits per heavy atom. The van der Waals surface area contributed by atoms with Crippen molar-refractivity contribution in [3.05, 3.63) is 48.0 Å². The lowest BCUT2D eigenvalue weighted by molar-refractivity contribution is 0.152. The first-order valence-electron chi connectivity index (χ1n) is 6.32. The van der Waals surface area contributed by atoms with Crippen LogP contribution in [0.1, 0.15) is 31.4 Å². The Kier molecular flexibility index (Phi) is 2.56. The van der Waals surface area contributed by atoms with Crippen LogP contribution in [0.3, 0.4) is 0 Å². The van der Waals surface area contributed by atoms with Crippen LogP contribution in [-0.2, 0) is 0 Å². The second-order valence-corrected chi connectivity index (χ2v) is 5.14. The van der Waals surface area contributed by atoms with Crippen LogP contribution in [-0.4, -0.2) is 6.04 Å². The van der Waals surface area contributed by atoms with E-state index in [1.807, 2.05) is 0 Å². The van der Waals surface area contributed by atoms with Crippen LogP contribution in [0, 0.1) is 11.8 Å². The van der Waals surface area contributed by atoms with Gasteiger partial charge in [0.05, 0.1) is 0 Å². The molecule has 2 aliphatic rings. The van der Waals surface area contributed by atoms with Gasteiger partial charge in [0.1, 0.15) is 0 Å². The van der Waals surface area contributed by atoms with E-state index >= 15 is 0 Å². The maximum Gasteiger partial charge on any atom is 0.0294 e. The molecule has 1 fully saturated rings. The molecule has 84 valence electrons. The van der Waals surface area contributed by atoms with E-state index in [1.165, 1.54) is 18.4 Å². The largest absolute Gasteiger partial charge is 0.307 e. The summed E-state index contributed by atoms with van der Waals surface area (Å²) in [5.74, 6) is 1.76. The van der Waals surface area contributed by atoms with Gasteiger partial charge in [-0.3, -0.25) is 0 Å². The maximum atomic E-state index is 3.75. The van der Waals surface area contributed by atoms with E-state index in [4.69, 9.17) is 0 Å². The van der Waals surface area contributed by atoms with Gasteiger partial charge >= 0.3 is 0 Å². The summed E-state index contributed by atoms with van der Waals surface area (Å²) in [5.41, 5.74) is 1.40. The first-order chi connectivity index (χ1) is 7.84. The third-order valence-corrected chi connectivity index (χ3v) is 4.13. The van der Waals surface area contributed by atoms with E-state index in [2.05, 4.69) is 54.7 Å². The van der Waals surface area contributed by atoms with Crippen LogP contribution in [0.2, 0.25) is 0 Å². The van der Waals surface area contributed by atoms with Gasteiger partial charge in [-0.15, -0.1) is 0 Å². The summed E-state index contributed by atoms with van der Waals surface area (Å²) < 4.78 is 0. The minimum atomic E-state index is 0.473. The molecular formula is C15H19N. The van der Waals surface area contributed by atoms with Gasteiger partial charge in [0.15, 0.2) is 0 Å². The van der Waals surface area contributed by atoms with E-state index in [-0.39, 0.29) is 0 Å². The molecular weight excluding hydrogens is 194 g/mol. The fraction of sp³-hybridized carbons (Fsp3) is 0.467. The number of hydrogen-bond acceptors (Lipinski definition) is 1. The monoisotopic (exact) mass is 213 g/mol. The normalized spacial score (nSPS) is 33.2. The summed E-state index contributed by atoms with van der Waals surface area (Å²) in [5, 5.41) is 3.75. The molecule has 0 saturated heterocycles. The number of fused-ring (bicyclic) bond motifs is 1. The molecule has 4 atom stereocenters. The highest BCUT2D eigenvalue weighted by Crippen LogP contribution is 2.43. The molecule has 1 saturated carbocycles. The molecule has 3 rings (SSSR count). The van der Waals surface area contributed by atoms with Crippen molar-refractivity contribution in [3.63, 3.8) is 0 Å². The topological polar surface area (TPSA) is 12.0 Å². The van der Waals surface area contributed by atoms with Crippen molar-refractivity contribution in [3.8, 4) is 0 Å². The number of hydrogen-bond donors (Lipinski definition) is 1. The molecule has 1 N–H and O–H groups in total. The molecule has 0 bridgehead atoms. The molecule has 2 aliphatic carbocycles. The van der Waals surface area contributed by atoms with Gasteiger partial charge in [0, 0.05) is 12.1 Å². The third kappa shape index (κ3) is 1.69. The Morgan fingerprint density at radius 2 is 2.06 bits per heavy atom. The van der Waals surface area contributed by atoms with Gasteiger partial charge in [0.25, 0.3) is 0 Å². The van der Waals surface area contributed by atoms with Crippen molar-refractivity contribution in [2.24, 2.45) is 11.8 Å². The fourth-order valence-corrected chi connectivity index (χ4v) is 3.07. The Labute approximate surface area is 97.6 Å². The summed E-state index contributed by atoms with van der Waals surface area (Å²) in [6, 6.07) is 11.9. The lowest BCUT2D eigenvalue weighted by Gasteiger charge is -2.42. The summed E-state index contributed by atoms with van der Waals surface area (Å²) in [7, 11) is 0. The molecule has 1 aromatic carbocycles.